The molecular weight excluding hydrogens is 224 g/mol. The highest BCUT2D eigenvalue weighted by Gasteiger charge is 2.25. The van der Waals surface area contributed by atoms with Gasteiger partial charge in [0.2, 0.25) is 0 Å². The highest BCUT2D eigenvalue weighted by Crippen LogP contribution is 2.37. The van der Waals surface area contributed by atoms with Crippen LogP contribution < -0.4 is 4.74 Å². The molecule has 1 fully saturated rings. The summed E-state index contributed by atoms with van der Waals surface area (Å²) in [6.07, 6.45) is 5.85. The molecule has 0 aromatic heterocycles. The first kappa shape index (κ1) is 13.4. The number of hydrogen-bond donors (Lipinski definition) is 1. The van der Waals surface area contributed by atoms with Crippen molar-refractivity contribution in [3.05, 3.63) is 28.8 Å². The van der Waals surface area contributed by atoms with Crippen molar-refractivity contribution in [3.8, 4) is 5.75 Å². The predicted octanol–water partition coefficient (Wildman–Crippen LogP) is 3.93. The Morgan fingerprint density at radius 1 is 1.11 bits per heavy atom. The maximum absolute atomic E-state index is 10.6. The zero-order chi connectivity index (χ0) is 13.1. The number of aryl methyl sites for hydroxylation is 2. The molecule has 18 heavy (non-hydrogen) atoms. The van der Waals surface area contributed by atoms with Gasteiger partial charge in [-0.1, -0.05) is 19.3 Å². The van der Waals surface area contributed by atoms with Gasteiger partial charge >= 0.3 is 0 Å². The predicted molar refractivity (Wildman–Crippen MR) is 74.0 cm³/mol. The summed E-state index contributed by atoms with van der Waals surface area (Å²) in [4.78, 5) is 0. The monoisotopic (exact) mass is 248 g/mol. The number of methoxy groups -OCH3 is 1. The van der Waals surface area contributed by atoms with Gasteiger partial charge in [0.15, 0.2) is 0 Å². The molecule has 0 heterocycles. The van der Waals surface area contributed by atoms with E-state index in [1.165, 1.54) is 19.3 Å². The molecule has 2 rings (SSSR count). The van der Waals surface area contributed by atoms with Gasteiger partial charge in [0.25, 0.3) is 0 Å². The fourth-order valence-electron chi connectivity index (χ4n) is 3.20. The average Bonchev–Trinajstić information content (AvgIpc) is 2.38. The van der Waals surface area contributed by atoms with Crippen molar-refractivity contribution in [3.63, 3.8) is 0 Å². The summed E-state index contributed by atoms with van der Waals surface area (Å²) in [6, 6.07) is 4.04. The third-order valence-electron chi connectivity index (χ3n) is 4.20. The van der Waals surface area contributed by atoms with E-state index in [-0.39, 0.29) is 6.10 Å². The maximum Gasteiger partial charge on any atom is 0.119 e. The van der Waals surface area contributed by atoms with E-state index in [9.17, 15) is 5.11 Å². The Labute approximate surface area is 110 Å². The molecule has 1 aliphatic rings. The minimum atomic E-state index is -0.309. The first-order valence-electron chi connectivity index (χ1n) is 6.96. The molecule has 1 aromatic rings. The summed E-state index contributed by atoms with van der Waals surface area (Å²) >= 11 is 0. The Morgan fingerprint density at radius 2 is 1.67 bits per heavy atom. The van der Waals surface area contributed by atoms with Crippen molar-refractivity contribution >= 4 is 0 Å². The van der Waals surface area contributed by atoms with E-state index in [1.807, 2.05) is 12.1 Å². The summed E-state index contributed by atoms with van der Waals surface area (Å²) < 4.78 is 5.27. The first-order chi connectivity index (χ1) is 8.63. The van der Waals surface area contributed by atoms with Crippen LogP contribution in [0.2, 0.25) is 0 Å². The molecule has 0 bridgehead atoms. The van der Waals surface area contributed by atoms with Crippen molar-refractivity contribution in [2.24, 2.45) is 5.92 Å². The highest BCUT2D eigenvalue weighted by atomic mass is 16.5. The fourth-order valence-corrected chi connectivity index (χ4v) is 3.20. The molecule has 1 N–H and O–H groups in total. The first-order valence-corrected chi connectivity index (χ1v) is 6.96. The largest absolute Gasteiger partial charge is 0.497 e. The average molecular weight is 248 g/mol. The zero-order valence-electron chi connectivity index (χ0n) is 11.7. The number of ether oxygens (including phenoxy) is 1. The van der Waals surface area contributed by atoms with E-state index in [2.05, 4.69) is 13.8 Å². The van der Waals surface area contributed by atoms with Gasteiger partial charge < -0.3 is 9.84 Å². The van der Waals surface area contributed by atoms with Crippen LogP contribution in [0.15, 0.2) is 12.1 Å². The summed E-state index contributed by atoms with van der Waals surface area (Å²) in [5.41, 5.74) is 3.40. The van der Waals surface area contributed by atoms with Crippen molar-refractivity contribution in [1.82, 2.24) is 0 Å². The van der Waals surface area contributed by atoms with E-state index in [0.717, 1.165) is 35.3 Å². The lowest BCUT2D eigenvalue weighted by Crippen LogP contribution is -2.17. The number of aliphatic hydroxyl groups is 1. The third-order valence-corrected chi connectivity index (χ3v) is 4.20. The van der Waals surface area contributed by atoms with Crippen LogP contribution in [0.3, 0.4) is 0 Å². The van der Waals surface area contributed by atoms with Gasteiger partial charge in [-0.05, 0) is 61.4 Å². The minimum absolute atomic E-state index is 0.309. The van der Waals surface area contributed by atoms with E-state index < -0.39 is 0 Å². The topological polar surface area (TPSA) is 29.5 Å². The van der Waals surface area contributed by atoms with Crippen LogP contribution in [-0.2, 0) is 0 Å². The van der Waals surface area contributed by atoms with Gasteiger partial charge in [0.05, 0.1) is 13.2 Å². The molecule has 0 saturated heterocycles. The third kappa shape index (κ3) is 2.69. The molecule has 0 spiro atoms. The second-order valence-electron chi connectivity index (χ2n) is 5.52. The highest BCUT2D eigenvalue weighted by molar-refractivity contribution is 5.42. The zero-order valence-corrected chi connectivity index (χ0v) is 11.7. The van der Waals surface area contributed by atoms with E-state index in [0.29, 0.717) is 5.92 Å². The minimum Gasteiger partial charge on any atom is -0.497 e. The Bertz CT molecular complexity index is 383. The molecule has 0 radical (unpaired) electrons. The van der Waals surface area contributed by atoms with Crippen LogP contribution in [0.25, 0.3) is 0 Å². The van der Waals surface area contributed by atoms with E-state index in [4.69, 9.17) is 4.74 Å². The lowest BCUT2D eigenvalue weighted by Gasteiger charge is -2.29. The molecule has 0 aliphatic heterocycles. The Morgan fingerprint density at radius 3 is 2.17 bits per heavy atom. The summed E-state index contributed by atoms with van der Waals surface area (Å²) in [7, 11) is 1.69. The summed E-state index contributed by atoms with van der Waals surface area (Å²) in [6.45, 7) is 4.13. The molecular formula is C16H24O2. The van der Waals surface area contributed by atoms with Crippen molar-refractivity contribution in [2.75, 3.05) is 7.11 Å². The molecule has 1 aromatic carbocycles. The van der Waals surface area contributed by atoms with Gasteiger partial charge in [0, 0.05) is 0 Å². The lowest BCUT2D eigenvalue weighted by molar-refractivity contribution is 0.0837. The fraction of sp³-hybridized carbons (Fsp3) is 0.625. The Hall–Kier alpha value is -1.02. The number of rotatable bonds is 3. The van der Waals surface area contributed by atoms with E-state index >= 15 is 0 Å². The SMILES string of the molecule is COc1cc(C)c(C(O)C2CCCCC2)c(C)c1. The van der Waals surface area contributed by atoms with Gasteiger partial charge in [-0.25, -0.2) is 0 Å². The summed E-state index contributed by atoms with van der Waals surface area (Å²) in [5.74, 6) is 1.31. The Balaban J connectivity index is 2.26. The van der Waals surface area contributed by atoms with Crippen LogP contribution in [0.5, 0.6) is 5.75 Å². The molecule has 1 unspecified atom stereocenters. The normalized spacial score (nSPS) is 18.7. The van der Waals surface area contributed by atoms with Crippen molar-refractivity contribution < 1.29 is 9.84 Å². The van der Waals surface area contributed by atoms with Gasteiger partial charge in [-0.3, -0.25) is 0 Å². The standard InChI is InChI=1S/C16H24O2/c1-11-9-14(18-3)10-12(2)15(11)16(17)13-7-5-4-6-8-13/h9-10,13,16-17H,4-8H2,1-3H3. The number of hydrogen-bond acceptors (Lipinski definition) is 2. The molecule has 1 atom stereocenters. The van der Waals surface area contributed by atoms with Gasteiger partial charge in [-0.2, -0.15) is 0 Å². The second-order valence-corrected chi connectivity index (χ2v) is 5.52. The number of aliphatic hydroxyl groups excluding tert-OH is 1. The molecule has 0 amide bonds. The lowest BCUT2D eigenvalue weighted by atomic mass is 9.80. The summed E-state index contributed by atoms with van der Waals surface area (Å²) in [5, 5.41) is 10.6. The molecule has 2 nitrogen and oxygen atoms in total. The van der Waals surface area contributed by atoms with Crippen LogP contribution >= 0.6 is 0 Å². The second kappa shape index (κ2) is 5.75. The van der Waals surface area contributed by atoms with Crippen LogP contribution in [0, 0.1) is 19.8 Å². The quantitative estimate of drug-likeness (QED) is 0.878. The maximum atomic E-state index is 10.6. The van der Waals surface area contributed by atoms with Crippen molar-refractivity contribution in [1.29, 1.82) is 0 Å². The molecule has 100 valence electrons. The Kier molecular flexibility index (Phi) is 4.28. The number of benzene rings is 1. The van der Waals surface area contributed by atoms with Gasteiger partial charge in [0.1, 0.15) is 5.75 Å². The van der Waals surface area contributed by atoms with Crippen LogP contribution in [-0.4, -0.2) is 12.2 Å². The molecule has 2 heteroatoms. The molecule has 1 saturated carbocycles. The molecule has 1 aliphatic carbocycles. The van der Waals surface area contributed by atoms with Crippen LogP contribution in [0.1, 0.15) is 54.9 Å². The van der Waals surface area contributed by atoms with E-state index in [1.54, 1.807) is 7.11 Å². The smallest absolute Gasteiger partial charge is 0.119 e. The van der Waals surface area contributed by atoms with Gasteiger partial charge in [-0.15, -0.1) is 0 Å². The van der Waals surface area contributed by atoms with Crippen molar-refractivity contribution in [2.45, 2.75) is 52.1 Å². The van der Waals surface area contributed by atoms with Crippen LogP contribution in [0.4, 0.5) is 0 Å².